The molecule has 0 radical (unpaired) electrons. The van der Waals surface area contributed by atoms with Crippen LogP contribution in [0.2, 0.25) is 0 Å². The molecular weight excluding hydrogens is 386 g/mol. The van der Waals surface area contributed by atoms with Gasteiger partial charge < -0.3 is 19.7 Å². The van der Waals surface area contributed by atoms with Crippen molar-refractivity contribution in [1.29, 1.82) is 0 Å². The average Bonchev–Trinajstić information content (AvgIpc) is 3.17. The molecule has 6 nitrogen and oxygen atoms in total. The third-order valence-electron chi connectivity index (χ3n) is 5.32. The maximum atomic E-state index is 12.7. The van der Waals surface area contributed by atoms with Gasteiger partial charge in [0, 0.05) is 30.8 Å². The molecule has 0 atom stereocenters. The first-order valence-corrected chi connectivity index (χ1v) is 10.5. The second-order valence-corrected chi connectivity index (χ2v) is 8.30. The van der Waals surface area contributed by atoms with E-state index in [0.29, 0.717) is 11.5 Å². The Morgan fingerprint density at radius 2 is 1.86 bits per heavy atom. The van der Waals surface area contributed by atoms with Crippen molar-refractivity contribution in [2.24, 2.45) is 5.92 Å². The lowest BCUT2D eigenvalue weighted by Crippen LogP contribution is -2.38. The largest absolute Gasteiger partial charge is 0.493 e. The van der Waals surface area contributed by atoms with Crippen molar-refractivity contribution in [1.82, 2.24) is 4.98 Å². The van der Waals surface area contributed by atoms with Crippen molar-refractivity contribution in [3.63, 3.8) is 0 Å². The van der Waals surface area contributed by atoms with Crippen LogP contribution in [0.5, 0.6) is 11.5 Å². The van der Waals surface area contributed by atoms with Gasteiger partial charge in [0.1, 0.15) is 0 Å². The number of carbonyl (C=O) groups is 1. The van der Waals surface area contributed by atoms with E-state index in [1.807, 2.05) is 6.07 Å². The highest BCUT2D eigenvalue weighted by Crippen LogP contribution is 2.33. The Kier molecular flexibility index (Phi) is 5.58. The predicted molar refractivity (Wildman–Crippen MR) is 117 cm³/mol. The third kappa shape index (κ3) is 4.15. The number of rotatable bonds is 5. The van der Waals surface area contributed by atoms with Crippen LogP contribution >= 0.6 is 11.3 Å². The minimum absolute atomic E-state index is 0.00373. The summed E-state index contributed by atoms with van der Waals surface area (Å²) in [6, 6.07) is 11.8. The fourth-order valence-electron chi connectivity index (χ4n) is 3.65. The van der Waals surface area contributed by atoms with Gasteiger partial charge >= 0.3 is 0 Å². The summed E-state index contributed by atoms with van der Waals surface area (Å²) >= 11 is 1.73. The van der Waals surface area contributed by atoms with Gasteiger partial charge in [-0.2, -0.15) is 0 Å². The summed E-state index contributed by atoms with van der Waals surface area (Å²) in [6.07, 6.45) is 1.63. The zero-order valence-corrected chi connectivity index (χ0v) is 17.7. The number of fused-ring (bicyclic) bond motifs is 1. The highest BCUT2D eigenvalue weighted by molar-refractivity contribution is 7.22. The number of benzene rings is 2. The van der Waals surface area contributed by atoms with Crippen LogP contribution in [0.4, 0.5) is 10.8 Å². The summed E-state index contributed by atoms with van der Waals surface area (Å²) in [5.74, 6) is 1.30. The van der Waals surface area contributed by atoms with E-state index in [2.05, 4.69) is 35.3 Å². The van der Waals surface area contributed by atoms with Crippen molar-refractivity contribution >= 4 is 38.3 Å². The van der Waals surface area contributed by atoms with Crippen molar-refractivity contribution in [3.8, 4) is 11.5 Å². The minimum atomic E-state index is -0.00373. The van der Waals surface area contributed by atoms with Gasteiger partial charge in [0.25, 0.3) is 0 Å². The van der Waals surface area contributed by atoms with Crippen LogP contribution in [0.1, 0.15) is 18.4 Å². The predicted octanol–water partition coefficient (Wildman–Crippen LogP) is 4.48. The molecule has 4 rings (SSSR count). The monoisotopic (exact) mass is 411 g/mol. The van der Waals surface area contributed by atoms with Crippen LogP contribution in [-0.4, -0.2) is 38.2 Å². The van der Waals surface area contributed by atoms with Gasteiger partial charge in [-0.25, -0.2) is 4.98 Å². The van der Waals surface area contributed by atoms with Crippen molar-refractivity contribution in [2.75, 3.05) is 37.5 Å². The van der Waals surface area contributed by atoms with Crippen LogP contribution in [0, 0.1) is 12.8 Å². The van der Waals surface area contributed by atoms with E-state index >= 15 is 0 Å². The first-order chi connectivity index (χ1) is 14.1. The number of thiazole rings is 1. The van der Waals surface area contributed by atoms with E-state index in [1.165, 1.54) is 10.3 Å². The highest BCUT2D eigenvalue weighted by atomic mass is 32.1. The lowest BCUT2D eigenvalue weighted by molar-refractivity contribution is -0.120. The Morgan fingerprint density at radius 3 is 2.59 bits per heavy atom. The zero-order chi connectivity index (χ0) is 20.4. The zero-order valence-electron chi connectivity index (χ0n) is 16.9. The summed E-state index contributed by atoms with van der Waals surface area (Å²) in [5, 5.41) is 4.06. The molecule has 0 saturated carbocycles. The molecule has 152 valence electrons. The van der Waals surface area contributed by atoms with Crippen LogP contribution in [0.25, 0.3) is 10.2 Å². The van der Waals surface area contributed by atoms with E-state index in [9.17, 15) is 4.79 Å². The Labute approximate surface area is 174 Å². The normalized spacial score (nSPS) is 14.8. The molecule has 29 heavy (non-hydrogen) atoms. The van der Waals surface area contributed by atoms with Gasteiger partial charge in [0.2, 0.25) is 5.91 Å². The third-order valence-corrected chi connectivity index (χ3v) is 6.40. The molecule has 1 aliphatic heterocycles. The second kappa shape index (κ2) is 8.29. The smallest absolute Gasteiger partial charge is 0.227 e. The first-order valence-electron chi connectivity index (χ1n) is 9.72. The van der Waals surface area contributed by atoms with E-state index in [4.69, 9.17) is 14.5 Å². The van der Waals surface area contributed by atoms with Gasteiger partial charge in [0.15, 0.2) is 16.6 Å². The summed E-state index contributed by atoms with van der Waals surface area (Å²) in [6.45, 7) is 3.77. The Balaban J connectivity index is 1.38. The van der Waals surface area contributed by atoms with Crippen LogP contribution in [0.15, 0.2) is 36.4 Å². The van der Waals surface area contributed by atoms with Crippen molar-refractivity contribution < 1.29 is 14.3 Å². The molecule has 1 amide bonds. The summed E-state index contributed by atoms with van der Waals surface area (Å²) in [7, 11) is 3.18. The fourth-order valence-corrected chi connectivity index (χ4v) is 4.76. The minimum Gasteiger partial charge on any atom is -0.493 e. The van der Waals surface area contributed by atoms with Crippen molar-refractivity contribution in [2.45, 2.75) is 19.8 Å². The lowest BCUT2D eigenvalue weighted by atomic mass is 9.96. The molecule has 2 heterocycles. The molecule has 2 aromatic carbocycles. The number of nitrogens with one attached hydrogen (secondary N) is 1. The van der Waals surface area contributed by atoms with E-state index in [1.54, 1.807) is 37.7 Å². The van der Waals surface area contributed by atoms with Gasteiger partial charge in [-0.15, -0.1) is 0 Å². The topological polar surface area (TPSA) is 63.7 Å². The number of carbonyl (C=O) groups excluding carboxylic acids is 1. The number of anilines is 2. The molecule has 1 aliphatic rings. The molecule has 0 bridgehead atoms. The van der Waals surface area contributed by atoms with Crippen molar-refractivity contribution in [3.05, 3.63) is 42.0 Å². The van der Waals surface area contributed by atoms with Gasteiger partial charge in [0.05, 0.1) is 24.4 Å². The van der Waals surface area contributed by atoms with Gasteiger partial charge in [-0.05, 0) is 49.6 Å². The Bertz CT molecular complexity index is 1030. The number of ether oxygens (including phenoxy) is 2. The Hall–Kier alpha value is -2.80. The fraction of sp³-hybridized carbons (Fsp3) is 0.364. The summed E-state index contributed by atoms with van der Waals surface area (Å²) in [4.78, 5) is 19.8. The molecule has 1 fully saturated rings. The molecule has 1 N–H and O–H groups in total. The summed E-state index contributed by atoms with van der Waals surface area (Å²) < 4.78 is 11.8. The maximum Gasteiger partial charge on any atom is 0.227 e. The standard InChI is InChI=1S/C22H25N3O3S/c1-14-4-6-17-20(12-14)29-22(24-17)25-10-8-15(9-11-25)21(26)23-16-5-7-18(27-2)19(13-16)28-3/h4-7,12-13,15H,8-11H2,1-3H3,(H,23,26). The molecule has 1 aromatic heterocycles. The molecule has 0 spiro atoms. The number of piperidine rings is 1. The van der Waals surface area contributed by atoms with E-state index in [0.717, 1.165) is 42.3 Å². The molecule has 3 aromatic rings. The van der Waals surface area contributed by atoms with Crippen LogP contribution < -0.4 is 19.7 Å². The molecular formula is C22H25N3O3S. The maximum absolute atomic E-state index is 12.7. The number of amides is 1. The number of hydrogen-bond donors (Lipinski definition) is 1. The number of nitrogens with zero attached hydrogens (tertiary/aromatic N) is 2. The average molecular weight is 412 g/mol. The quantitative estimate of drug-likeness (QED) is 0.671. The van der Waals surface area contributed by atoms with Crippen LogP contribution in [-0.2, 0) is 4.79 Å². The SMILES string of the molecule is COc1ccc(NC(=O)C2CCN(c3nc4ccc(C)cc4s3)CC2)cc1OC. The molecule has 0 unspecified atom stereocenters. The molecule has 1 saturated heterocycles. The second-order valence-electron chi connectivity index (χ2n) is 7.29. The number of aryl methyl sites for hydroxylation is 1. The van der Waals surface area contributed by atoms with E-state index in [-0.39, 0.29) is 11.8 Å². The summed E-state index contributed by atoms with van der Waals surface area (Å²) in [5.41, 5.74) is 3.01. The first kappa shape index (κ1) is 19.5. The number of methoxy groups -OCH3 is 2. The van der Waals surface area contributed by atoms with E-state index < -0.39 is 0 Å². The Morgan fingerprint density at radius 1 is 1.10 bits per heavy atom. The molecule has 0 aliphatic carbocycles. The van der Waals surface area contributed by atoms with Crippen LogP contribution in [0.3, 0.4) is 0 Å². The lowest BCUT2D eigenvalue weighted by Gasteiger charge is -2.31. The van der Waals surface area contributed by atoms with Gasteiger partial charge in [-0.3, -0.25) is 4.79 Å². The highest BCUT2D eigenvalue weighted by Gasteiger charge is 2.26. The van der Waals surface area contributed by atoms with Gasteiger partial charge in [-0.1, -0.05) is 17.4 Å². The molecule has 7 heteroatoms. The number of hydrogen-bond acceptors (Lipinski definition) is 6. The number of aromatic nitrogens is 1.